The van der Waals surface area contributed by atoms with Crippen LogP contribution in [0.3, 0.4) is 0 Å². The lowest BCUT2D eigenvalue weighted by Gasteiger charge is -2.35. The largest absolute Gasteiger partial charge is 0.395 e. The second-order valence-electron chi connectivity index (χ2n) is 6.82. The second-order valence-corrected chi connectivity index (χ2v) is 6.82. The van der Waals surface area contributed by atoms with Crippen LogP contribution >= 0.6 is 0 Å². The molecule has 0 bridgehead atoms. The third kappa shape index (κ3) is 5.44. The number of aliphatic hydroxyl groups excluding tert-OH is 1. The van der Waals surface area contributed by atoms with E-state index in [1.807, 2.05) is 18.2 Å². The van der Waals surface area contributed by atoms with Gasteiger partial charge in [0.05, 0.1) is 6.61 Å². The van der Waals surface area contributed by atoms with E-state index in [4.69, 9.17) is 0 Å². The van der Waals surface area contributed by atoms with E-state index in [-0.39, 0.29) is 31.0 Å². The Hall–Kier alpha value is -2.60. The molecule has 1 saturated heterocycles. The Kier molecular flexibility index (Phi) is 6.65. The highest BCUT2D eigenvalue weighted by Crippen LogP contribution is 2.19. The molecule has 0 aliphatic carbocycles. The van der Waals surface area contributed by atoms with Crippen LogP contribution in [0.5, 0.6) is 0 Å². The zero-order valence-electron chi connectivity index (χ0n) is 15.4. The van der Waals surface area contributed by atoms with Crippen molar-refractivity contribution in [2.45, 2.75) is 25.4 Å². The van der Waals surface area contributed by atoms with Crippen molar-refractivity contribution in [2.75, 3.05) is 31.1 Å². The van der Waals surface area contributed by atoms with Gasteiger partial charge >= 0.3 is 6.03 Å². The van der Waals surface area contributed by atoms with Gasteiger partial charge in [-0.15, -0.1) is 0 Å². The van der Waals surface area contributed by atoms with Gasteiger partial charge in [-0.2, -0.15) is 0 Å². The van der Waals surface area contributed by atoms with E-state index in [0.717, 1.165) is 31.5 Å². The average Bonchev–Trinajstić information content (AvgIpc) is 2.70. The Morgan fingerprint density at radius 1 is 1.11 bits per heavy atom. The molecule has 0 spiro atoms. The fourth-order valence-corrected chi connectivity index (χ4v) is 3.37. The van der Waals surface area contributed by atoms with E-state index >= 15 is 0 Å². The zero-order chi connectivity index (χ0) is 19.1. The number of para-hydroxylation sites is 1. The van der Waals surface area contributed by atoms with Crippen molar-refractivity contribution in [3.8, 4) is 0 Å². The molecule has 3 rings (SSSR count). The summed E-state index contributed by atoms with van der Waals surface area (Å²) < 4.78 is 13.1. The number of benzene rings is 2. The number of hydrogen-bond donors (Lipinski definition) is 2. The molecule has 0 saturated carbocycles. The van der Waals surface area contributed by atoms with Crippen molar-refractivity contribution >= 4 is 11.7 Å². The molecular weight excluding hydrogens is 345 g/mol. The lowest BCUT2D eigenvalue weighted by molar-refractivity contribution is 0.169. The number of anilines is 1. The smallest absolute Gasteiger partial charge is 0.317 e. The lowest BCUT2D eigenvalue weighted by Crippen LogP contribution is -2.49. The molecule has 1 fully saturated rings. The number of carbonyl (C=O) groups is 1. The molecule has 2 N–H and O–H groups in total. The summed E-state index contributed by atoms with van der Waals surface area (Å²) in [7, 11) is 0. The minimum atomic E-state index is -0.304. The first-order valence-corrected chi connectivity index (χ1v) is 9.36. The molecule has 2 aromatic carbocycles. The standard InChI is InChI=1S/C21H26FN3O2/c22-18-8-6-17(7-9-18)16-25(14-15-26)21(27)23-19-10-12-24(13-11-19)20-4-2-1-3-5-20/h1-9,19,26H,10-16H2,(H,23,27). The van der Waals surface area contributed by atoms with Gasteiger partial charge in [0.15, 0.2) is 0 Å². The first kappa shape index (κ1) is 19.2. The monoisotopic (exact) mass is 371 g/mol. The number of halogens is 1. The van der Waals surface area contributed by atoms with Crippen LogP contribution in [0.2, 0.25) is 0 Å². The van der Waals surface area contributed by atoms with Gasteiger partial charge in [0.25, 0.3) is 0 Å². The van der Waals surface area contributed by atoms with Gasteiger partial charge < -0.3 is 20.2 Å². The quantitative estimate of drug-likeness (QED) is 0.821. The summed E-state index contributed by atoms with van der Waals surface area (Å²) in [5.74, 6) is -0.304. The molecule has 27 heavy (non-hydrogen) atoms. The van der Waals surface area contributed by atoms with Gasteiger partial charge in [-0.3, -0.25) is 0 Å². The molecular formula is C21H26FN3O2. The van der Waals surface area contributed by atoms with Crippen molar-refractivity contribution in [1.82, 2.24) is 10.2 Å². The summed E-state index contributed by atoms with van der Waals surface area (Å²) in [6.45, 7) is 2.27. The van der Waals surface area contributed by atoms with Crippen LogP contribution in [-0.4, -0.2) is 48.3 Å². The third-order valence-electron chi connectivity index (χ3n) is 4.89. The van der Waals surface area contributed by atoms with Gasteiger partial charge in [0.1, 0.15) is 5.82 Å². The number of aliphatic hydroxyl groups is 1. The number of rotatable bonds is 6. The van der Waals surface area contributed by atoms with Crippen molar-refractivity contribution in [2.24, 2.45) is 0 Å². The number of nitrogens with zero attached hydrogens (tertiary/aromatic N) is 2. The number of urea groups is 1. The molecule has 2 aromatic rings. The molecule has 0 atom stereocenters. The Bertz CT molecular complexity index is 716. The van der Waals surface area contributed by atoms with Crippen molar-refractivity contribution < 1.29 is 14.3 Å². The molecule has 0 unspecified atom stereocenters. The fourth-order valence-electron chi connectivity index (χ4n) is 3.37. The van der Waals surface area contributed by atoms with E-state index < -0.39 is 0 Å². The SMILES string of the molecule is O=C(NC1CCN(c2ccccc2)CC1)N(CCO)Cc1ccc(F)cc1. The highest BCUT2D eigenvalue weighted by molar-refractivity contribution is 5.74. The van der Waals surface area contributed by atoms with E-state index in [2.05, 4.69) is 22.3 Å². The zero-order valence-corrected chi connectivity index (χ0v) is 15.4. The van der Waals surface area contributed by atoms with Crippen LogP contribution in [0.15, 0.2) is 54.6 Å². The maximum Gasteiger partial charge on any atom is 0.317 e. The van der Waals surface area contributed by atoms with Crippen LogP contribution in [-0.2, 0) is 6.54 Å². The van der Waals surface area contributed by atoms with Crippen LogP contribution in [0, 0.1) is 5.82 Å². The van der Waals surface area contributed by atoms with E-state index in [9.17, 15) is 14.3 Å². The molecule has 144 valence electrons. The number of nitrogens with one attached hydrogen (secondary N) is 1. The summed E-state index contributed by atoms with van der Waals surface area (Å²) in [5, 5.41) is 12.4. The summed E-state index contributed by atoms with van der Waals surface area (Å²) in [6, 6.07) is 16.3. The topological polar surface area (TPSA) is 55.8 Å². The minimum Gasteiger partial charge on any atom is -0.395 e. The number of amides is 2. The maximum atomic E-state index is 13.1. The first-order valence-electron chi connectivity index (χ1n) is 9.36. The molecule has 1 heterocycles. The van der Waals surface area contributed by atoms with Gasteiger partial charge in [-0.25, -0.2) is 9.18 Å². The van der Waals surface area contributed by atoms with E-state index in [0.29, 0.717) is 6.54 Å². The predicted octanol–water partition coefficient (Wildman–Crippen LogP) is 3.00. The number of hydrogen-bond acceptors (Lipinski definition) is 3. The molecule has 1 aliphatic rings. The third-order valence-corrected chi connectivity index (χ3v) is 4.89. The van der Waals surface area contributed by atoms with Crippen molar-refractivity contribution in [3.05, 3.63) is 66.0 Å². The molecule has 2 amide bonds. The van der Waals surface area contributed by atoms with Crippen LogP contribution in [0.4, 0.5) is 14.9 Å². The Morgan fingerprint density at radius 2 is 1.78 bits per heavy atom. The van der Waals surface area contributed by atoms with E-state index in [1.54, 1.807) is 17.0 Å². The Labute approximate surface area is 159 Å². The number of piperidine rings is 1. The molecule has 0 radical (unpaired) electrons. The predicted molar refractivity (Wildman–Crippen MR) is 104 cm³/mol. The van der Waals surface area contributed by atoms with Gasteiger partial charge in [-0.1, -0.05) is 30.3 Å². The van der Waals surface area contributed by atoms with Crippen molar-refractivity contribution in [1.29, 1.82) is 0 Å². The molecule has 6 heteroatoms. The van der Waals surface area contributed by atoms with Gasteiger partial charge in [-0.05, 0) is 42.7 Å². The van der Waals surface area contributed by atoms with Crippen molar-refractivity contribution in [3.63, 3.8) is 0 Å². The molecule has 0 aromatic heterocycles. The van der Waals surface area contributed by atoms with Gasteiger partial charge in [0.2, 0.25) is 0 Å². The Morgan fingerprint density at radius 3 is 2.41 bits per heavy atom. The highest BCUT2D eigenvalue weighted by atomic mass is 19.1. The molecule has 5 nitrogen and oxygen atoms in total. The lowest BCUT2D eigenvalue weighted by atomic mass is 10.0. The number of carbonyl (C=O) groups excluding carboxylic acids is 1. The van der Waals surface area contributed by atoms with Gasteiger partial charge in [0, 0.05) is 37.9 Å². The maximum absolute atomic E-state index is 13.1. The second kappa shape index (κ2) is 9.37. The summed E-state index contributed by atoms with van der Waals surface area (Å²) in [4.78, 5) is 16.5. The highest BCUT2D eigenvalue weighted by Gasteiger charge is 2.23. The van der Waals surface area contributed by atoms with Crippen LogP contribution < -0.4 is 10.2 Å². The minimum absolute atomic E-state index is 0.110. The molecule has 1 aliphatic heterocycles. The van der Waals surface area contributed by atoms with Crippen LogP contribution in [0.25, 0.3) is 0 Å². The first-order chi connectivity index (χ1) is 13.2. The Balaban J connectivity index is 1.52. The average molecular weight is 371 g/mol. The van der Waals surface area contributed by atoms with Crippen LogP contribution in [0.1, 0.15) is 18.4 Å². The summed E-state index contributed by atoms with van der Waals surface area (Å²) >= 11 is 0. The fraction of sp³-hybridized carbons (Fsp3) is 0.381. The summed E-state index contributed by atoms with van der Waals surface area (Å²) in [6.07, 6.45) is 1.76. The van der Waals surface area contributed by atoms with E-state index in [1.165, 1.54) is 17.8 Å². The normalized spacial score (nSPS) is 14.8. The summed E-state index contributed by atoms with van der Waals surface area (Å²) in [5.41, 5.74) is 2.04.